The summed E-state index contributed by atoms with van der Waals surface area (Å²) in [6.07, 6.45) is -1.51. The van der Waals surface area contributed by atoms with E-state index < -0.39 is 18.2 Å². The predicted octanol–water partition coefficient (Wildman–Crippen LogP) is 1.87. The van der Waals surface area contributed by atoms with E-state index >= 15 is 0 Å². The van der Waals surface area contributed by atoms with E-state index in [1.165, 1.54) is 0 Å². The van der Waals surface area contributed by atoms with Gasteiger partial charge in [-0.25, -0.2) is 0 Å². The number of nitriles is 1. The molecule has 0 saturated heterocycles. The van der Waals surface area contributed by atoms with E-state index in [4.69, 9.17) is 5.26 Å². The second-order valence-corrected chi connectivity index (χ2v) is 6.45. The normalized spacial score (nSPS) is 25.4. The molecule has 3 rings (SSSR count). The van der Waals surface area contributed by atoms with Gasteiger partial charge in [-0.15, -0.1) is 0 Å². The van der Waals surface area contributed by atoms with E-state index in [0.717, 1.165) is 11.1 Å². The molecule has 4 atom stereocenters. The number of nitrogens with zero attached hydrogens (tertiary/aromatic N) is 1. The van der Waals surface area contributed by atoms with Crippen LogP contribution in [-0.2, 0) is 0 Å². The molecule has 0 spiro atoms. The molecule has 2 aromatic carbocycles. The minimum Gasteiger partial charge on any atom is -0.390 e. The number of hydrogen-bond donors (Lipinski definition) is 3. The molecule has 0 bridgehead atoms. The highest BCUT2D eigenvalue weighted by atomic mass is 16.3. The standard InChI is InChI=1S/C20H20N2O3/c1-12-4-2-3-5-15(12)16-10-17(23)19(24)18(16)22-20(25)14-8-6-13(11-21)7-9-14/h2-9,16-19,23-24H,10H2,1H3,(H,22,25)/t16-,17-,18-,19-/m1/s1. The van der Waals surface area contributed by atoms with Gasteiger partial charge in [0.2, 0.25) is 0 Å². The summed E-state index contributed by atoms with van der Waals surface area (Å²) in [4.78, 5) is 12.5. The van der Waals surface area contributed by atoms with Crippen LogP contribution in [0.3, 0.4) is 0 Å². The molecule has 25 heavy (non-hydrogen) atoms. The Morgan fingerprint density at radius 2 is 1.84 bits per heavy atom. The van der Waals surface area contributed by atoms with Crippen molar-refractivity contribution in [2.75, 3.05) is 0 Å². The molecule has 0 heterocycles. The summed E-state index contributed by atoms with van der Waals surface area (Å²) in [5.74, 6) is -0.491. The molecule has 1 aliphatic rings. The number of nitrogens with one attached hydrogen (secondary N) is 1. The van der Waals surface area contributed by atoms with Gasteiger partial charge in [0.15, 0.2) is 0 Å². The first-order valence-electron chi connectivity index (χ1n) is 8.24. The van der Waals surface area contributed by atoms with Crippen LogP contribution < -0.4 is 5.32 Å². The van der Waals surface area contributed by atoms with Crippen LogP contribution >= 0.6 is 0 Å². The summed E-state index contributed by atoms with van der Waals surface area (Å²) < 4.78 is 0. The molecule has 0 aromatic heterocycles. The van der Waals surface area contributed by atoms with Gasteiger partial charge < -0.3 is 15.5 Å². The lowest BCUT2D eigenvalue weighted by Gasteiger charge is -2.25. The largest absolute Gasteiger partial charge is 0.390 e. The number of aliphatic hydroxyl groups excluding tert-OH is 2. The monoisotopic (exact) mass is 336 g/mol. The van der Waals surface area contributed by atoms with Crippen LogP contribution in [0.15, 0.2) is 48.5 Å². The second-order valence-electron chi connectivity index (χ2n) is 6.45. The Hall–Kier alpha value is -2.68. The van der Waals surface area contributed by atoms with Crippen molar-refractivity contribution in [2.24, 2.45) is 0 Å². The van der Waals surface area contributed by atoms with Gasteiger partial charge in [-0.1, -0.05) is 24.3 Å². The fourth-order valence-corrected chi connectivity index (χ4v) is 3.46. The molecule has 5 nitrogen and oxygen atoms in total. The Bertz CT molecular complexity index is 810. The van der Waals surface area contributed by atoms with Crippen LogP contribution in [0.2, 0.25) is 0 Å². The van der Waals surface area contributed by atoms with Gasteiger partial charge in [0.05, 0.1) is 23.8 Å². The fraction of sp³-hybridized carbons (Fsp3) is 0.300. The van der Waals surface area contributed by atoms with Crippen molar-refractivity contribution >= 4 is 5.91 Å². The zero-order valence-electron chi connectivity index (χ0n) is 13.9. The Labute approximate surface area is 146 Å². The number of benzene rings is 2. The first-order valence-corrected chi connectivity index (χ1v) is 8.24. The van der Waals surface area contributed by atoms with Gasteiger partial charge in [-0.3, -0.25) is 4.79 Å². The molecular formula is C20H20N2O3. The van der Waals surface area contributed by atoms with Gasteiger partial charge in [-0.05, 0) is 48.7 Å². The minimum absolute atomic E-state index is 0.159. The summed E-state index contributed by atoms with van der Waals surface area (Å²) in [5, 5.41) is 32.1. The van der Waals surface area contributed by atoms with Gasteiger partial charge in [0, 0.05) is 11.5 Å². The van der Waals surface area contributed by atoms with E-state index in [-0.39, 0.29) is 11.8 Å². The third-order valence-electron chi connectivity index (χ3n) is 4.85. The average Bonchev–Trinajstić information content (AvgIpc) is 2.90. The van der Waals surface area contributed by atoms with E-state index in [1.54, 1.807) is 24.3 Å². The van der Waals surface area contributed by atoms with Gasteiger partial charge in [0.25, 0.3) is 5.91 Å². The van der Waals surface area contributed by atoms with E-state index in [0.29, 0.717) is 17.5 Å². The predicted molar refractivity (Wildman–Crippen MR) is 93.0 cm³/mol. The summed E-state index contributed by atoms with van der Waals surface area (Å²) in [6, 6.07) is 15.5. The van der Waals surface area contributed by atoms with Gasteiger partial charge in [-0.2, -0.15) is 5.26 Å². The van der Waals surface area contributed by atoms with E-state index in [9.17, 15) is 15.0 Å². The maximum atomic E-state index is 12.5. The van der Waals surface area contributed by atoms with Crippen LogP contribution in [-0.4, -0.2) is 34.4 Å². The second kappa shape index (κ2) is 7.06. The molecule has 0 radical (unpaired) electrons. The summed E-state index contributed by atoms with van der Waals surface area (Å²) in [6.45, 7) is 1.98. The fourth-order valence-electron chi connectivity index (χ4n) is 3.46. The zero-order chi connectivity index (χ0) is 18.0. The smallest absolute Gasteiger partial charge is 0.251 e. The Morgan fingerprint density at radius 3 is 2.48 bits per heavy atom. The van der Waals surface area contributed by atoms with Crippen molar-refractivity contribution in [2.45, 2.75) is 37.5 Å². The third-order valence-corrected chi connectivity index (χ3v) is 4.85. The summed E-state index contributed by atoms with van der Waals surface area (Å²) >= 11 is 0. The van der Waals surface area contributed by atoms with Crippen molar-refractivity contribution in [3.05, 3.63) is 70.8 Å². The molecule has 3 N–H and O–H groups in total. The molecule has 0 aliphatic heterocycles. The van der Waals surface area contributed by atoms with Crippen LogP contribution in [0, 0.1) is 18.3 Å². The molecule has 0 unspecified atom stereocenters. The zero-order valence-corrected chi connectivity index (χ0v) is 13.9. The average molecular weight is 336 g/mol. The van der Waals surface area contributed by atoms with Crippen molar-refractivity contribution in [3.8, 4) is 6.07 Å². The van der Waals surface area contributed by atoms with Crippen molar-refractivity contribution in [1.82, 2.24) is 5.32 Å². The first-order chi connectivity index (χ1) is 12.0. The molecule has 2 aromatic rings. The number of aliphatic hydroxyl groups is 2. The maximum absolute atomic E-state index is 12.5. The number of amides is 1. The van der Waals surface area contributed by atoms with Crippen LogP contribution in [0.25, 0.3) is 0 Å². The molecule has 1 aliphatic carbocycles. The molecular weight excluding hydrogens is 316 g/mol. The van der Waals surface area contributed by atoms with Crippen LogP contribution in [0.5, 0.6) is 0 Å². The number of aryl methyl sites for hydroxylation is 1. The minimum atomic E-state index is -1.02. The quantitative estimate of drug-likeness (QED) is 0.798. The van der Waals surface area contributed by atoms with Crippen molar-refractivity contribution in [1.29, 1.82) is 5.26 Å². The number of carbonyl (C=O) groups is 1. The van der Waals surface area contributed by atoms with E-state index in [2.05, 4.69) is 5.32 Å². The van der Waals surface area contributed by atoms with Crippen molar-refractivity contribution < 1.29 is 15.0 Å². The SMILES string of the molecule is Cc1ccccc1[C@H]1C[C@@H](O)[C@@H](O)[C@@H]1NC(=O)c1ccc(C#N)cc1. The van der Waals surface area contributed by atoms with Crippen molar-refractivity contribution in [3.63, 3.8) is 0 Å². The van der Waals surface area contributed by atoms with Gasteiger partial charge in [0.1, 0.15) is 6.10 Å². The maximum Gasteiger partial charge on any atom is 0.251 e. The highest BCUT2D eigenvalue weighted by molar-refractivity contribution is 5.94. The molecule has 1 fully saturated rings. The lowest BCUT2D eigenvalue weighted by molar-refractivity contribution is 0.0294. The lowest BCUT2D eigenvalue weighted by Crippen LogP contribution is -2.45. The number of hydrogen-bond acceptors (Lipinski definition) is 4. The Morgan fingerprint density at radius 1 is 1.16 bits per heavy atom. The molecule has 5 heteroatoms. The highest BCUT2D eigenvalue weighted by Crippen LogP contribution is 2.36. The third kappa shape index (κ3) is 3.41. The Balaban J connectivity index is 1.84. The lowest BCUT2D eigenvalue weighted by atomic mass is 9.90. The Kier molecular flexibility index (Phi) is 4.84. The van der Waals surface area contributed by atoms with Gasteiger partial charge >= 0.3 is 0 Å². The molecule has 1 amide bonds. The van der Waals surface area contributed by atoms with E-state index in [1.807, 2.05) is 37.3 Å². The highest BCUT2D eigenvalue weighted by Gasteiger charge is 2.43. The number of carbonyl (C=O) groups excluding carboxylic acids is 1. The summed E-state index contributed by atoms with van der Waals surface area (Å²) in [7, 11) is 0. The molecule has 128 valence electrons. The van der Waals surface area contributed by atoms with Crippen LogP contribution in [0.1, 0.15) is 39.4 Å². The molecule has 1 saturated carbocycles. The number of rotatable bonds is 3. The van der Waals surface area contributed by atoms with Crippen LogP contribution in [0.4, 0.5) is 0 Å². The summed E-state index contributed by atoms with van der Waals surface area (Å²) in [5.41, 5.74) is 2.97. The first kappa shape index (κ1) is 17.2. The topological polar surface area (TPSA) is 93.3 Å².